The van der Waals surface area contributed by atoms with E-state index in [1.807, 2.05) is 0 Å². The molecule has 2 atom stereocenters. The molecule has 0 aromatic carbocycles. The summed E-state index contributed by atoms with van der Waals surface area (Å²) in [6.45, 7) is 2.15. The van der Waals surface area contributed by atoms with Crippen LogP contribution in [0.2, 0.25) is 0 Å². The average Bonchev–Trinajstić information content (AvgIpc) is 2.79. The molecule has 0 radical (unpaired) electrons. The zero-order valence-corrected chi connectivity index (χ0v) is 9.64. The molecule has 1 aliphatic rings. The first-order valence-electron chi connectivity index (χ1n) is 5.61. The summed E-state index contributed by atoms with van der Waals surface area (Å²) in [5.74, 6) is -0.000138. The molecule has 5 nitrogen and oxygen atoms in total. The van der Waals surface area contributed by atoms with E-state index in [1.54, 1.807) is 31.5 Å². The number of amides is 1. The van der Waals surface area contributed by atoms with Crippen LogP contribution in [0.4, 0.5) is 5.69 Å². The number of aromatic nitrogens is 1. The Morgan fingerprint density at radius 1 is 1.41 bits per heavy atom. The topological polar surface area (TPSA) is 71.1 Å². The number of hydrogen-bond acceptors (Lipinski definition) is 4. The summed E-state index contributed by atoms with van der Waals surface area (Å²) in [6, 6.07) is 3.18. The van der Waals surface area contributed by atoms with Crippen LogP contribution in [0.25, 0.3) is 0 Å². The van der Waals surface area contributed by atoms with Crippen molar-refractivity contribution in [2.75, 3.05) is 11.9 Å². The fourth-order valence-electron chi connectivity index (χ4n) is 1.91. The normalized spacial score (nSPS) is 23.4. The number of carbonyl (C=O) groups excluding carboxylic acids is 2. The first kappa shape index (κ1) is 11.7. The zero-order valence-electron chi connectivity index (χ0n) is 9.64. The van der Waals surface area contributed by atoms with Gasteiger partial charge in [-0.1, -0.05) is 0 Å². The number of hydrogen-bond donors (Lipinski definition) is 2. The van der Waals surface area contributed by atoms with Crippen molar-refractivity contribution in [2.24, 2.45) is 5.92 Å². The van der Waals surface area contributed by atoms with Gasteiger partial charge in [0.2, 0.25) is 5.91 Å². The Hall–Kier alpha value is -1.75. The molecule has 1 fully saturated rings. The summed E-state index contributed by atoms with van der Waals surface area (Å²) in [4.78, 5) is 26.9. The fraction of sp³-hybridized carbons (Fsp3) is 0.417. The highest BCUT2D eigenvalue weighted by Crippen LogP contribution is 2.16. The number of Topliss-reactive ketones (excluding diaryl/α,β-unsaturated/α-hetero) is 1. The Bertz CT molecular complexity index is 419. The Kier molecular flexibility index (Phi) is 3.49. The maximum Gasteiger partial charge on any atom is 0.241 e. The van der Waals surface area contributed by atoms with Gasteiger partial charge in [-0.25, -0.2) is 0 Å². The lowest BCUT2D eigenvalue weighted by atomic mass is 10.0. The smallest absolute Gasteiger partial charge is 0.241 e. The van der Waals surface area contributed by atoms with E-state index < -0.39 is 0 Å². The van der Waals surface area contributed by atoms with Crippen LogP contribution >= 0.6 is 0 Å². The van der Waals surface area contributed by atoms with E-state index >= 15 is 0 Å². The summed E-state index contributed by atoms with van der Waals surface area (Å²) in [5.41, 5.74) is 0.720. The fourth-order valence-corrected chi connectivity index (χ4v) is 1.91. The third kappa shape index (κ3) is 2.88. The van der Waals surface area contributed by atoms with Gasteiger partial charge in [0.15, 0.2) is 0 Å². The van der Waals surface area contributed by atoms with Crippen LogP contribution in [0.1, 0.15) is 13.3 Å². The lowest BCUT2D eigenvalue weighted by molar-refractivity contribution is -0.120. The van der Waals surface area contributed by atoms with Crippen molar-refractivity contribution < 1.29 is 9.59 Å². The van der Waals surface area contributed by atoms with E-state index in [-0.39, 0.29) is 23.7 Å². The predicted molar refractivity (Wildman–Crippen MR) is 63.4 cm³/mol. The largest absolute Gasteiger partial charge is 0.325 e. The van der Waals surface area contributed by atoms with Crippen molar-refractivity contribution in [3.05, 3.63) is 24.5 Å². The second kappa shape index (κ2) is 5.05. The number of rotatable bonds is 3. The van der Waals surface area contributed by atoms with Gasteiger partial charge in [-0.15, -0.1) is 0 Å². The molecule has 2 rings (SSSR count). The van der Waals surface area contributed by atoms with Crippen molar-refractivity contribution in [1.29, 1.82) is 0 Å². The molecule has 2 unspecified atom stereocenters. The second-order valence-corrected chi connectivity index (χ2v) is 4.23. The van der Waals surface area contributed by atoms with Crippen LogP contribution in [0, 0.1) is 5.92 Å². The number of pyridine rings is 1. The van der Waals surface area contributed by atoms with E-state index in [1.165, 1.54) is 0 Å². The van der Waals surface area contributed by atoms with Crippen molar-refractivity contribution in [3.8, 4) is 0 Å². The first-order valence-corrected chi connectivity index (χ1v) is 5.61. The minimum absolute atomic E-state index is 0.0387. The van der Waals surface area contributed by atoms with Gasteiger partial charge in [0, 0.05) is 30.5 Å². The predicted octanol–water partition coefficient (Wildman–Crippen LogP) is 0.587. The van der Waals surface area contributed by atoms with E-state index in [4.69, 9.17) is 0 Å². The highest BCUT2D eigenvalue weighted by atomic mass is 16.2. The van der Waals surface area contributed by atoms with Crippen molar-refractivity contribution in [2.45, 2.75) is 19.4 Å². The van der Waals surface area contributed by atoms with Crippen molar-refractivity contribution in [3.63, 3.8) is 0 Å². The lowest BCUT2D eigenvalue weighted by Crippen LogP contribution is -2.35. The summed E-state index contributed by atoms with van der Waals surface area (Å²) in [7, 11) is 0. The van der Waals surface area contributed by atoms with E-state index in [9.17, 15) is 9.59 Å². The molecule has 1 aliphatic heterocycles. The quantitative estimate of drug-likeness (QED) is 0.801. The third-order valence-electron chi connectivity index (χ3n) is 2.97. The maximum absolute atomic E-state index is 11.9. The van der Waals surface area contributed by atoms with E-state index in [2.05, 4.69) is 15.6 Å². The van der Waals surface area contributed by atoms with Gasteiger partial charge in [0.25, 0.3) is 0 Å². The molecule has 1 saturated heterocycles. The highest BCUT2D eigenvalue weighted by molar-refractivity contribution is 5.95. The SMILES string of the molecule is CC(=O)C1CNC(C(=O)Nc2ccncc2)C1. The molecule has 0 saturated carbocycles. The van der Waals surface area contributed by atoms with Gasteiger partial charge in [-0.3, -0.25) is 14.6 Å². The molecule has 0 bridgehead atoms. The molecule has 1 aromatic rings. The number of anilines is 1. The van der Waals surface area contributed by atoms with Gasteiger partial charge in [0.1, 0.15) is 5.78 Å². The molecule has 1 amide bonds. The Morgan fingerprint density at radius 2 is 2.12 bits per heavy atom. The molecule has 2 N–H and O–H groups in total. The average molecular weight is 233 g/mol. The van der Waals surface area contributed by atoms with Crippen LogP contribution in [0.5, 0.6) is 0 Å². The van der Waals surface area contributed by atoms with Crippen LogP contribution in [0.3, 0.4) is 0 Å². The minimum Gasteiger partial charge on any atom is -0.325 e. The second-order valence-electron chi connectivity index (χ2n) is 4.23. The molecular formula is C12H15N3O2. The number of ketones is 1. The van der Waals surface area contributed by atoms with Crippen LogP contribution < -0.4 is 10.6 Å². The first-order chi connectivity index (χ1) is 8.16. The molecule has 90 valence electrons. The molecule has 17 heavy (non-hydrogen) atoms. The lowest BCUT2D eigenvalue weighted by Gasteiger charge is -2.10. The maximum atomic E-state index is 11.9. The molecular weight excluding hydrogens is 218 g/mol. The van der Waals surface area contributed by atoms with Crippen LogP contribution in [-0.2, 0) is 9.59 Å². The molecule has 5 heteroatoms. The zero-order chi connectivity index (χ0) is 12.3. The molecule has 2 heterocycles. The summed E-state index contributed by atoms with van der Waals surface area (Å²) in [6.07, 6.45) is 3.82. The standard InChI is InChI=1S/C12H15N3O2/c1-8(16)9-6-11(14-7-9)12(17)15-10-2-4-13-5-3-10/h2-5,9,11,14H,6-7H2,1H3,(H,13,15,17). The van der Waals surface area contributed by atoms with Crippen molar-refractivity contribution >= 4 is 17.4 Å². The molecule has 0 spiro atoms. The third-order valence-corrected chi connectivity index (χ3v) is 2.97. The van der Waals surface area contributed by atoms with Gasteiger partial charge >= 0.3 is 0 Å². The number of nitrogens with one attached hydrogen (secondary N) is 2. The van der Waals surface area contributed by atoms with E-state index in [0.717, 1.165) is 5.69 Å². The Labute approximate surface area is 99.6 Å². The Morgan fingerprint density at radius 3 is 2.71 bits per heavy atom. The van der Waals surface area contributed by atoms with Gasteiger partial charge < -0.3 is 10.6 Å². The van der Waals surface area contributed by atoms with E-state index in [0.29, 0.717) is 13.0 Å². The van der Waals surface area contributed by atoms with Gasteiger partial charge in [0.05, 0.1) is 6.04 Å². The van der Waals surface area contributed by atoms with Gasteiger partial charge in [-0.05, 0) is 25.5 Å². The monoisotopic (exact) mass is 233 g/mol. The summed E-state index contributed by atoms with van der Waals surface area (Å²) < 4.78 is 0. The summed E-state index contributed by atoms with van der Waals surface area (Å²) in [5, 5.41) is 5.85. The summed E-state index contributed by atoms with van der Waals surface area (Å²) >= 11 is 0. The molecule has 1 aromatic heterocycles. The minimum atomic E-state index is -0.280. The molecule has 0 aliphatic carbocycles. The highest BCUT2D eigenvalue weighted by Gasteiger charge is 2.31. The number of nitrogens with zero attached hydrogens (tertiary/aromatic N) is 1. The number of carbonyl (C=O) groups is 2. The Balaban J connectivity index is 1.92. The van der Waals surface area contributed by atoms with Gasteiger partial charge in [-0.2, -0.15) is 0 Å². The van der Waals surface area contributed by atoms with Crippen molar-refractivity contribution in [1.82, 2.24) is 10.3 Å². The van der Waals surface area contributed by atoms with Crippen LogP contribution in [-0.4, -0.2) is 29.3 Å². The van der Waals surface area contributed by atoms with Crippen LogP contribution in [0.15, 0.2) is 24.5 Å².